The fourth-order valence-electron chi connectivity index (χ4n) is 2.31. The summed E-state index contributed by atoms with van der Waals surface area (Å²) < 4.78 is 20.9. The van der Waals surface area contributed by atoms with E-state index in [1.165, 1.54) is 6.08 Å². The maximum absolute atomic E-state index is 12.7. The summed E-state index contributed by atoms with van der Waals surface area (Å²) in [5.74, 6) is -0.470. The second kappa shape index (κ2) is 9.31. The largest absolute Gasteiger partial charge is 0.452 e. The van der Waals surface area contributed by atoms with Crippen LogP contribution >= 0.6 is 11.6 Å². The van der Waals surface area contributed by atoms with Crippen LogP contribution in [0, 0.1) is 0 Å². The zero-order valence-electron chi connectivity index (χ0n) is 15.6. The van der Waals surface area contributed by atoms with Gasteiger partial charge in [0.15, 0.2) is 0 Å². The molecule has 1 unspecified atom stereocenters. The molecule has 0 spiro atoms. The summed E-state index contributed by atoms with van der Waals surface area (Å²) in [4.78, 5) is 12.5. The van der Waals surface area contributed by atoms with Crippen molar-refractivity contribution in [1.29, 1.82) is 0 Å². The number of carbonyl (C=O) groups is 1. The maximum Gasteiger partial charge on any atom is 0.338 e. The minimum atomic E-state index is -1.38. The van der Waals surface area contributed by atoms with Crippen LogP contribution in [0.15, 0.2) is 67.3 Å². The van der Waals surface area contributed by atoms with Crippen LogP contribution in [0.3, 0.4) is 0 Å². The van der Waals surface area contributed by atoms with E-state index in [-0.39, 0.29) is 0 Å². The van der Waals surface area contributed by atoms with Gasteiger partial charge in [-0.25, -0.2) is 13.7 Å². The van der Waals surface area contributed by atoms with E-state index in [4.69, 9.17) is 16.3 Å². The first kappa shape index (κ1) is 21.4. The molecule has 144 valence electrons. The van der Waals surface area contributed by atoms with E-state index >= 15 is 0 Å². The third-order valence-corrected chi connectivity index (χ3v) is 5.67. The molecule has 0 heterocycles. The van der Waals surface area contributed by atoms with Crippen LogP contribution in [0.4, 0.5) is 0 Å². The molecule has 0 radical (unpaired) electrons. The lowest BCUT2D eigenvalue weighted by Gasteiger charge is -2.29. The standard InChI is InChI=1S/C21H24ClNO3S/c1-5-18(26-20(24)16-9-7-6-8-10-16)19(23-27(25)21(2,3)4)15-11-13-17(22)14-12-15/h5-14,18-19,23H,1H2,2-4H3/t18-,19+,27?/m1/s1. The second-order valence-corrected chi connectivity index (χ2v) is 9.43. The van der Waals surface area contributed by atoms with Crippen molar-refractivity contribution in [1.82, 2.24) is 4.72 Å². The van der Waals surface area contributed by atoms with Crippen LogP contribution in [0.5, 0.6) is 0 Å². The Morgan fingerprint density at radius 1 is 1.15 bits per heavy atom. The Balaban J connectivity index is 2.31. The summed E-state index contributed by atoms with van der Waals surface area (Å²) in [5, 5.41) is 0.589. The molecule has 0 aliphatic carbocycles. The van der Waals surface area contributed by atoms with Gasteiger partial charge in [-0.2, -0.15) is 0 Å². The molecule has 3 atom stereocenters. The van der Waals surface area contributed by atoms with Gasteiger partial charge in [-0.05, 0) is 56.7 Å². The van der Waals surface area contributed by atoms with Gasteiger partial charge in [-0.3, -0.25) is 0 Å². The smallest absolute Gasteiger partial charge is 0.338 e. The van der Waals surface area contributed by atoms with Crippen molar-refractivity contribution < 1.29 is 13.7 Å². The minimum Gasteiger partial charge on any atom is -0.452 e. The van der Waals surface area contributed by atoms with Crippen LogP contribution < -0.4 is 4.72 Å². The Labute approximate surface area is 168 Å². The zero-order valence-corrected chi connectivity index (χ0v) is 17.2. The Morgan fingerprint density at radius 3 is 2.26 bits per heavy atom. The molecule has 0 saturated carbocycles. The van der Waals surface area contributed by atoms with Gasteiger partial charge in [-0.1, -0.05) is 48.5 Å². The average Bonchev–Trinajstić information content (AvgIpc) is 2.65. The van der Waals surface area contributed by atoms with E-state index < -0.39 is 33.8 Å². The molecule has 0 aromatic heterocycles. The number of hydrogen-bond acceptors (Lipinski definition) is 3. The van der Waals surface area contributed by atoms with E-state index in [9.17, 15) is 9.00 Å². The van der Waals surface area contributed by atoms with Gasteiger partial charge in [0, 0.05) is 5.02 Å². The fourth-order valence-corrected chi connectivity index (χ4v) is 3.29. The van der Waals surface area contributed by atoms with Crippen LogP contribution in [0.2, 0.25) is 5.02 Å². The highest BCUT2D eigenvalue weighted by Gasteiger charge is 2.30. The van der Waals surface area contributed by atoms with Crippen molar-refractivity contribution in [3.05, 3.63) is 83.4 Å². The van der Waals surface area contributed by atoms with Crippen molar-refractivity contribution >= 4 is 28.6 Å². The normalized spacial score (nSPS) is 14.8. The van der Waals surface area contributed by atoms with E-state index in [1.807, 2.05) is 39.0 Å². The summed E-state index contributed by atoms with van der Waals surface area (Å²) in [6.45, 7) is 9.41. The van der Waals surface area contributed by atoms with Gasteiger partial charge in [0.2, 0.25) is 0 Å². The fraction of sp³-hybridized carbons (Fsp3) is 0.286. The average molecular weight is 406 g/mol. The summed E-state index contributed by atoms with van der Waals surface area (Å²) in [5.41, 5.74) is 1.24. The summed E-state index contributed by atoms with van der Waals surface area (Å²) >= 11 is 5.99. The van der Waals surface area contributed by atoms with E-state index in [0.717, 1.165) is 5.56 Å². The van der Waals surface area contributed by atoms with Gasteiger partial charge in [0.05, 0.1) is 27.3 Å². The lowest BCUT2D eigenvalue weighted by Crippen LogP contribution is -2.41. The zero-order chi connectivity index (χ0) is 20.0. The summed E-state index contributed by atoms with van der Waals surface area (Å²) in [6, 6.07) is 15.3. The van der Waals surface area contributed by atoms with Gasteiger partial charge >= 0.3 is 5.97 Å². The number of rotatable bonds is 7. The molecule has 0 amide bonds. The highest BCUT2D eigenvalue weighted by atomic mass is 35.5. The minimum absolute atomic E-state index is 0.441. The molecule has 2 rings (SSSR count). The monoisotopic (exact) mass is 405 g/mol. The maximum atomic E-state index is 12.7. The number of hydrogen-bond donors (Lipinski definition) is 1. The molecule has 2 aromatic carbocycles. The number of ether oxygens (including phenoxy) is 1. The third-order valence-electron chi connectivity index (χ3n) is 3.83. The van der Waals surface area contributed by atoms with E-state index in [2.05, 4.69) is 11.3 Å². The van der Waals surface area contributed by atoms with Gasteiger partial charge in [0.25, 0.3) is 0 Å². The number of halogens is 1. The molecule has 0 fully saturated rings. The molecule has 27 heavy (non-hydrogen) atoms. The molecule has 6 heteroatoms. The van der Waals surface area contributed by atoms with Crippen LogP contribution in [0.25, 0.3) is 0 Å². The Hall–Kier alpha value is -1.95. The predicted molar refractivity (Wildman–Crippen MR) is 111 cm³/mol. The van der Waals surface area contributed by atoms with Gasteiger partial charge in [-0.15, -0.1) is 0 Å². The molecule has 0 aliphatic heterocycles. The first-order chi connectivity index (χ1) is 12.7. The van der Waals surface area contributed by atoms with Crippen molar-refractivity contribution in [2.75, 3.05) is 0 Å². The van der Waals surface area contributed by atoms with Crippen molar-refractivity contribution in [3.63, 3.8) is 0 Å². The lowest BCUT2D eigenvalue weighted by molar-refractivity contribution is 0.0337. The molecule has 0 aliphatic rings. The molecule has 4 nitrogen and oxygen atoms in total. The van der Waals surface area contributed by atoms with Crippen LogP contribution in [-0.4, -0.2) is 21.0 Å². The molecule has 0 saturated heterocycles. The molecule has 0 bridgehead atoms. The molecular formula is C21H24ClNO3S. The highest BCUT2D eigenvalue weighted by molar-refractivity contribution is 7.84. The van der Waals surface area contributed by atoms with E-state index in [0.29, 0.717) is 10.6 Å². The number of nitrogens with one attached hydrogen (secondary N) is 1. The van der Waals surface area contributed by atoms with Crippen molar-refractivity contribution in [2.24, 2.45) is 0 Å². The van der Waals surface area contributed by atoms with E-state index in [1.54, 1.807) is 36.4 Å². The first-order valence-corrected chi connectivity index (χ1v) is 10.1. The summed E-state index contributed by atoms with van der Waals surface area (Å²) in [6.07, 6.45) is 0.817. The molecule has 2 aromatic rings. The van der Waals surface area contributed by atoms with Gasteiger partial charge in [0.1, 0.15) is 6.10 Å². The Kier molecular flexibility index (Phi) is 7.36. The predicted octanol–water partition coefficient (Wildman–Crippen LogP) is 4.84. The van der Waals surface area contributed by atoms with Crippen molar-refractivity contribution in [3.8, 4) is 0 Å². The van der Waals surface area contributed by atoms with Crippen LogP contribution in [0.1, 0.15) is 42.7 Å². The Bertz CT molecular complexity index is 800. The number of carbonyl (C=O) groups excluding carboxylic acids is 1. The third kappa shape index (κ3) is 6.03. The molecule has 1 N–H and O–H groups in total. The SMILES string of the molecule is C=C[C@@H](OC(=O)c1ccccc1)[C@@H](NS(=O)C(C)(C)C)c1ccc(Cl)cc1. The van der Waals surface area contributed by atoms with Crippen molar-refractivity contribution in [2.45, 2.75) is 37.7 Å². The summed E-state index contributed by atoms with van der Waals surface area (Å²) in [7, 11) is -1.38. The highest BCUT2D eigenvalue weighted by Crippen LogP contribution is 2.25. The first-order valence-electron chi connectivity index (χ1n) is 8.54. The topological polar surface area (TPSA) is 55.4 Å². The quantitative estimate of drug-likeness (QED) is 0.529. The van der Waals surface area contributed by atoms with Crippen LogP contribution in [-0.2, 0) is 15.7 Å². The number of benzene rings is 2. The molecular weight excluding hydrogens is 382 g/mol. The van der Waals surface area contributed by atoms with Gasteiger partial charge < -0.3 is 4.74 Å². The second-order valence-electron chi connectivity index (χ2n) is 7.00. The lowest BCUT2D eigenvalue weighted by atomic mass is 10.0. The number of esters is 1. The Morgan fingerprint density at radius 2 is 1.74 bits per heavy atom.